The number of ether oxygens (including phenoxy) is 2. The van der Waals surface area contributed by atoms with Crippen LogP contribution in [-0.4, -0.2) is 30.2 Å². The summed E-state index contributed by atoms with van der Waals surface area (Å²) in [6.07, 6.45) is 4.52. The van der Waals surface area contributed by atoms with E-state index in [9.17, 15) is 5.11 Å². The van der Waals surface area contributed by atoms with Crippen molar-refractivity contribution in [2.75, 3.05) is 13.2 Å². The van der Waals surface area contributed by atoms with E-state index in [1.165, 1.54) is 12.8 Å². The van der Waals surface area contributed by atoms with E-state index in [0.717, 1.165) is 12.8 Å². The molecule has 3 rings (SSSR count). The van der Waals surface area contributed by atoms with Gasteiger partial charge in [-0.3, -0.25) is 0 Å². The van der Waals surface area contributed by atoms with Crippen molar-refractivity contribution in [2.24, 2.45) is 16.7 Å². The highest BCUT2D eigenvalue weighted by molar-refractivity contribution is 5.17. The molecule has 0 aromatic rings. The van der Waals surface area contributed by atoms with Crippen LogP contribution in [0.15, 0.2) is 0 Å². The summed E-state index contributed by atoms with van der Waals surface area (Å²) in [6.45, 7) is 7.65. The molecule has 98 valence electrons. The van der Waals surface area contributed by atoms with E-state index in [1.54, 1.807) is 0 Å². The molecule has 1 spiro atoms. The molecule has 2 bridgehead atoms. The molecular weight excluding hydrogens is 216 g/mol. The number of aliphatic hydroxyl groups excluding tert-OH is 1. The third-order valence-corrected chi connectivity index (χ3v) is 6.08. The Morgan fingerprint density at radius 3 is 2.65 bits per heavy atom. The molecule has 0 aromatic heterocycles. The van der Waals surface area contributed by atoms with E-state index in [0.29, 0.717) is 17.9 Å². The van der Waals surface area contributed by atoms with Crippen LogP contribution >= 0.6 is 0 Å². The molecule has 17 heavy (non-hydrogen) atoms. The van der Waals surface area contributed by atoms with Gasteiger partial charge in [-0.15, -0.1) is 0 Å². The Labute approximate surface area is 103 Å². The fourth-order valence-electron chi connectivity index (χ4n) is 4.97. The van der Waals surface area contributed by atoms with Crippen LogP contribution in [0.1, 0.15) is 46.5 Å². The van der Waals surface area contributed by atoms with Crippen molar-refractivity contribution >= 4 is 0 Å². The van der Waals surface area contributed by atoms with Gasteiger partial charge >= 0.3 is 0 Å². The zero-order valence-electron chi connectivity index (χ0n) is 11.2. The van der Waals surface area contributed by atoms with Crippen LogP contribution in [0.2, 0.25) is 0 Å². The van der Waals surface area contributed by atoms with Gasteiger partial charge in [-0.05, 0) is 30.6 Å². The normalized spacial score (nSPS) is 51.5. The van der Waals surface area contributed by atoms with Crippen LogP contribution in [0, 0.1) is 16.7 Å². The van der Waals surface area contributed by atoms with E-state index in [-0.39, 0.29) is 18.1 Å². The van der Waals surface area contributed by atoms with Crippen molar-refractivity contribution in [3.8, 4) is 0 Å². The van der Waals surface area contributed by atoms with Crippen molar-refractivity contribution < 1.29 is 14.6 Å². The first-order valence-electron chi connectivity index (χ1n) is 6.94. The summed E-state index contributed by atoms with van der Waals surface area (Å²) >= 11 is 0. The van der Waals surface area contributed by atoms with Gasteiger partial charge in [0.2, 0.25) is 0 Å². The minimum Gasteiger partial charge on any atom is -0.394 e. The molecule has 3 nitrogen and oxygen atoms in total. The molecule has 0 aromatic carbocycles. The summed E-state index contributed by atoms with van der Waals surface area (Å²) in [5.41, 5.74) is 0.445. The Morgan fingerprint density at radius 2 is 2.12 bits per heavy atom. The highest BCUT2D eigenvalue weighted by Crippen LogP contribution is 2.73. The summed E-state index contributed by atoms with van der Waals surface area (Å²) in [5.74, 6) is 0.307. The molecule has 0 amide bonds. The largest absolute Gasteiger partial charge is 0.394 e. The van der Waals surface area contributed by atoms with Gasteiger partial charge in [0.15, 0.2) is 5.79 Å². The average molecular weight is 240 g/mol. The van der Waals surface area contributed by atoms with Crippen LogP contribution in [0.25, 0.3) is 0 Å². The summed E-state index contributed by atoms with van der Waals surface area (Å²) in [5, 5.41) is 9.26. The van der Waals surface area contributed by atoms with Gasteiger partial charge in [-0.2, -0.15) is 0 Å². The Balaban J connectivity index is 1.98. The monoisotopic (exact) mass is 240 g/mol. The molecule has 3 fully saturated rings. The van der Waals surface area contributed by atoms with E-state index in [4.69, 9.17) is 9.47 Å². The quantitative estimate of drug-likeness (QED) is 0.805. The van der Waals surface area contributed by atoms with Crippen LogP contribution in [0.5, 0.6) is 0 Å². The predicted octanol–water partition coefficient (Wildman–Crippen LogP) is 2.33. The number of aliphatic hydroxyl groups is 1. The fourth-order valence-corrected chi connectivity index (χ4v) is 4.97. The van der Waals surface area contributed by atoms with Gasteiger partial charge in [0.25, 0.3) is 0 Å². The second-order valence-electron chi connectivity index (χ2n) is 6.58. The molecule has 4 atom stereocenters. The molecule has 4 unspecified atom stereocenters. The summed E-state index contributed by atoms with van der Waals surface area (Å²) in [4.78, 5) is 0. The third-order valence-electron chi connectivity index (χ3n) is 6.08. The van der Waals surface area contributed by atoms with Gasteiger partial charge in [0.05, 0.1) is 13.2 Å². The lowest BCUT2D eigenvalue weighted by Crippen LogP contribution is -2.50. The highest BCUT2D eigenvalue weighted by Gasteiger charge is 2.73. The molecule has 1 aliphatic heterocycles. The molecule has 2 saturated carbocycles. The summed E-state index contributed by atoms with van der Waals surface area (Å²) < 4.78 is 12.2. The number of rotatable bonds is 2. The molecule has 1 heterocycles. The standard InChI is InChI=1S/C14H24O3/c1-4-13-6-5-10(12(13,2)3)7-14(13)16-9-11(8-15)17-14/h10-11,15H,4-9H2,1-3H3. The van der Waals surface area contributed by atoms with Gasteiger partial charge in [-0.1, -0.05) is 20.8 Å². The van der Waals surface area contributed by atoms with E-state index in [1.807, 2.05) is 0 Å². The molecular formula is C14H24O3. The first-order valence-corrected chi connectivity index (χ1v) is 6.94. The maximum Gasteiger partial charge on any atom is 0.175 e. The number of hydrogen-bond acceptors (Lipinski definition) is 3. The predicted molar refractivity (Wildman–Crippen MR) is 64.5 cm³/mol. The molecule has 3 aliphatic rings. The molecule has 0 radical (unpaired) electrons. The highest BCUT2D eigenvalue weighted by atomic mass is 16.8. The second-order valence-corrected chi connectivity index (χ2v) is 6.58. The van der Waals surface area contributed by atoms with E-state index in [2.05, 4.69) is 20.8 Å². The lowest BCUT2D eigenvalue weighted by atomic mass is 9.65. The topological polar surface area (TPSA) is 38.7 Å². The first-order chi connectivity index (χ1) is 8.01. The molecule has 1 N–H and O–H groups in total. The molecule has 1 saturated heterocycles. The maximum atomic E-state index is 9.26. The van der Waals surface area contributed by atoms with Crippen molar-refractivity contribution in [1.29, 1.82) is 0 Å². The van der Waals surface area contributed by atoms with Crippen molar-refractivity contribution in [3.63, 3.8) is 0 Å². The van der Waals surface area contributed by atoms with Gasteiger partial charge in [0, 0.05) is 11.8 Å². The molecule has 2 aliphatic carbocycles. The van der Waals surface area contributed by atoms with Crippen LogP contribution in [0.3, 0.4) is 0 Å². The van der Waals surface area contributed by atoms with E-state index >= 15 is 0 Å². The summed E-state index contributed by atoms with van der Waals surface area (Å²) in [6, 6.07) is 0. The van der Waals surface area contributed by atoms with Crippen molar-refractivity contribution in [2.45, 2.75) is 58.3 Å². The lowest BCUT2D eigenvalue weighted by Gasteiger charge is -2.47. The fraction of sp³-hybridized carbons (Fsp3) is 1.00. The van der Waals surface area contributed by atoms with Gasteiger partial charge in [0.1, 0.15) is 6.10 Å². The maximum absolute atomic E-state index is 9.26. The first kappa shape index (κ1) is 11.9. The van der Waals surface area contributed by atoms with Crippen molar-refractivity contribution in [1.82, 2.24) is 0 Å². The van der Waals surface area contributed by atoms with Crippen molar-refractivity contribution in [3.05, 3.63) is 0 Å². The van der Waals surface area contributed by atoms with E-state index < -0.39 is 5.79 Å². The summed E-state index contributed by atoms with van der Waals surface area (Å²) in [7, 11) is 0. The average Bonchev–Trinajstić information content (AvgIpc) is 2.88. The SMILES string of the molecule is CCC12CCC(CC13OCC(CO)O3)C2(C)C. The van der Waals surface area contributed by atoms with Crippen LogP contribution in [-0.2, 0) is 9.47 Å². The number of fused-ring (bicyclic) bond motifs is 3. The Kier molecular flexibility index (Phi) is 2.43. The van der Waals surface area contributed by atoms with Crippen LogP contribution < -0.4 is 0 Å². The molecule has 3 heteroatoms. The Bertz CT molecular complexity index is 327. The zero-order valence-corrected chi connectivity index (χ0v) is 11.2. The Hall–Kier alpha value is -0.120. The number of hydrogen-bond donors (Lipinski definition) is 1. The minimum atomic E-state index is -0.401. The Morgan fingerprint density at radius 1 is 1.35 bits per heavy atom. The van der Waals surface area contributed by atoms with Gasteiger partial charge in [-0.25, -0.2) is 0 Å². The smallest absolute Gasteiger partial charge is 0.175 e. The van der Waals surface area contributed by atoms with Gasteiger partial charge < -0.3 is 14.6 Å². The third kappa shape index (κ3) is 1.18. The lowest BCUT2D eigenvalue weighted by molar-refractivity contribution is -0.253. The van der Waals surface area contributed by atoms with Crippen LogP contribution in [0.4, 0.5) is 0 Å². The second kappa shape index (κ2) is 3.46. The minimum absolute atomic E-state index is 0.0760. The zero-order chi connectivity index (χ0) is 12.3.